The van der Waals surface area contributed by atoms with E-state index in [1.54, 1.807) is 0 Å². The highest BCUT2D eigenvalue weighted by Gasteiger charge is 2.26. The quantitative estimate of drug-likeness (QED) is 0.668. The summed E-state index contributed by atoms with van der Waals surface area (Å²) in [5, 5.41) is 0. The third-order valence-corrected chi connectivity index (χ3v) is 5.86. The molecule has 0 atom stereocenters. The maximum absolute atomic E-state index is 14.1. The van der Waals surface area contributed by atoms with Crippen molar-refractivity contribution in [2.45, 2.75) is 62.2 Å². The van der Waals surface area contributed by atoms with Crippen molar-refractivity contribution in [2.75, 3.05) is 0 Å². The second-order valence-electron chi connectivity index (χ2n) is 8.29. The highest BCUT2D eigenvalue weighted by atomic mass is 32.2. The topological polar surface area (TPSA) is 34.1 Å². The Bertz CT molecular complexity index is 833. The fourth-order valence-corrected chi connectivity index (χ4v) is 3.94. The zero-order chi connectivity index (χ0) is 19.2. The molecule has 0 unspecified atom stereocenters. The van der Waals surface area contributed by atoms with Crippen LogP contribution in [0.25, 0.3) is 0 Å². The first-order valence-electron chi connectivity index (χ1n) is 8.10. The average Bonchev–Trinajstić information content (AvgIpc) is 2.45. The summed E-state index contributed by atoms with van der Waals surface area (Å²) in [7, 11) is -3.87. The zero-order valence-electron chi connectivity index (χ0n) is 15.4. The van der Waals surface area contributed by atoms with Crippen molar-refractivity contribution in [3.05, 3.63) is 59.2 Å². The molecule has 2 aromatic carbocycles. The molecular weight excluding hydrogens is 342 g/mol. The monoisotopic (exact) mass is 366 g/mol. The van der Waals surface area contributed by atoms with Gasteiger partial charge in [-0.3, -0.25) is 0 Å². The fraction of sp³-hybridized carbons (Fsp3) is 0.400. The van der Waals surface area contributed by atoms with Crippen LogP contribution < -0.4 is 0 Å². The molecule has 0 saturated heterocycles. The molecule has 0 aliphatic heterocycles. The summed E-state index contributed by atoms with van der Waals surface area (Å²) >= 11 is 0. The Morgan fingerprint density at radius 3 is 1.28 bits per heavy atom. The van der Waals surface area contributed by atoms with E-state index >= 15 is 0 Å². The van der Waals surface area contributed by atoms with Crippen molar-refractivity contribution >= 4 is 9.84 Å². The van der Waals surface area contributed by atoms with E-state index in [0.29, 0.717) is 11.1 Å². The van der Waals surface area contributed by atoms with E-state index in [4.69, 9.17) is 0 Å². The van der Waals surface area contributed by atoms with Crippen LogP contribution in [0.3, 0.4) is 0 Å². The van der Waals surface area contributed by atoms with Crippen molar-refractivity contribution in [1.82, 2.24) is 0 Å². The minimum absolute atomic E-state index is 0.00490. The Labute approximate surface area is 148 Å². The van der Waals surface area contributed by atoms with Gasteiger partial charge in [-0.25, -0.2) is 17.2 Å². The van der Waals surface area contributed by atoms with Gasteiger partial charge in [0.15, 0.2) is 0 Å². The molecule has 136 valence electrons. The second kappa shape index (κ2) is 6.20. The summed E-state index contributed by atoms with van der Waals surface area (Å²) in [6.45, 7) is 10.9. The van der Waals surface area contributed by atoms with E-state index in [1.807, 2.05) is 41.5 Å². The van der Waals surface area contributed by atoms with Gasteiger partial charge in [-0.15, -0.1) is 0 Å². The molecule has 2 rings (SSSR count). The normalized spacial score (nSPS) is 13.1. The molecular formula is C20H24F2O2S. The van der Waals surface area contributed by atoms with Gasteiger partial charge in [0, 0.05) is 0 Å². The summed E-state index contributed by atoms with van der Waals surface area (Å²) in [6.07, 6.45) is 0. The molecule has 0 fully saturated rings. The number of benzene rings is 2. The highest BCUT2D eigenvalue weighted by Crippen LogP contribution is 2.32. The molecule has 0 spiro atoms. The lowest BCUT2D eigenvalue weighted by Gasteiger charge is -2.22. The maximum atomic E-state index is 14.1. The predicted molar refractivity (Wildman–Crippen MR) is 95.7 cm³/mol. The molecule has 25 heavy (non-hydrogen) atoms. The van der Waals surface area contributed by atoms with E-state index in [9.17, 15) is 17.2 Å². The smallest absolute Gasteiger partial charge is 0.206 e. The Balaban J connectivity index is 2.65. The number of halogens is 2. The standard InChI is InChI=1S/C20H24F2O2S/c1-19(2,3)15-11-13(7-9-17(15)21)25(23,24)14-8-10-18(22)16(12-14)20(4,5)6/h7-12H,1-6H3. The van der Waals surface area contributed by atoms with Crippen molar-refractivity contribution in [1.29, 1.82) is 0 Å². The molecule has 0 radical (unpaired) electrons. The molecule has 0 aliphatic carbocycles. The minimum atomic E-state index is -3.87. The van der Waals surface area contributed by atoms with Crippen LogP contribution in [0.4, 0.5) is 8.78 Å². The zero-order valence-corrected chi connectivity index (χ0v) is 16.3. The van der Waals surface area contributed by atoms with Crippen LogP contribution in [0.5, 0.6) is 0 Å². The van der Waals surface area contributed by atoms with Gasteiger partial charge < -0.3 is 0 Å². The van der Waals surface area contributed by atoms with Gasteiger partial charge >= 0.3 is 0 Å². The van der Waals surface area contributed by atoms with Crippen LogP contribution in [0, 0.1) is 11.6 Å². The van der Waals surface area contributed by atoms with Crippen molar-refractivity contribution in [3.8, 4) is 0 Å². The van der Waals surface area contributed by atoms with E-state index in [2.05, 4.69) is 0 Å². The predicted octanol–water partition coefficient (Wildman–Crippen LogP) is 5.39. The molecule has 0 aromatic heterocycles. The Hall–Kier alpha value is -1.75. The van der Waals surface area contributed by atoms with Gasteiger partial charge in [0.2, 0.25) is 9.84 Å². The summed E-state index contributed by atoms with van der Waals surface area (Å²) in [5.41, 5.74) is -0.414. The number of hydrogen-bond donors (Lipinski definition) is 0. The molecule has 0 heterocycles. The largest absolute Gasteiger partial charge is 0.219 e. The first-order chi connectivity index (χ1) is 11.2. The van der Waals surface area contributed by atoms with Crippen LogP contribution in [-0.2, 0) is 20.7 Å². The highest BCUT2D eigenvalue weighted by molar-refractivity contribution is 7.91. The van der Waals surface area contributed by atoms with Gasteiger partial charge in [0.1, 0.15) is 11.6 Å². The summed E-state index contributed by atoms with van der Waals surface area (Å²) in [4.78, 5) is 0.00980. The lowest BCUT2D eigenvalue weighted by molar-refractivity contribution is 0.519. The maximum Gasteiger partial charge on any atom is 0.206 e. The van der Waals surface area contributed by atoms with Crippen LogP contribution in [0.1, 0.15) is 52.7 Å². The summed E-state index contributed by atoms with van der Waals surface area (Å²) in [6, 6.07) is 7.57. The first-order valence-corrected chi connectivity index (χ1v) is 9.58. The minimum Gasteiger partial charge on any atom is -0.219 e. The molecule has 0 amide bonds. The summed E-state index contributed by atoms with van der Waals surface area (Å²) < 4.78 is 54.1. The lowest BCUT2D eigenvalue weighted by atomic mass is 9.87. The van der Waals surface area contributed by atoms with Crippen LogP contribution >= 0.6 is 0 Å². The number of rotatable bonds is 2. The number of hydrogen-bond acceptors (Lipinski definition) is 2. The third kappa shape index (κ3) is 3.92. The molecule has 5 heteroatoms. The van der Waals surface area contributed by atoms with Gasteiger partial charge in [-0.2, -0.15) is 0 Å². The molecule has 2 aromatic rings. The average molecular weight is 366 g/mol. The second-order valence-corrected chi connectivity index (χ2v) is 10.2. The first kappa shape index (κ1) is 19.6. The number of sulfone groups is 1. The van der Waals surface area contributed by atoms with E-state index in [-0.39, 0.29) is 9.79 Å². The van der Waals surface area contributed by atoms with Gasteiger partial charge in [-0.05, 0) is 58.4 Å². The SMILES string of the molecule is CC(C)(C)c1cc(S(=O)(=O)c2ccc(F)c(C(C)(C)C)c2)ccc1F. The van der Waals surface area contributed by atoms with Crippen molar-refractivity contribution < 1.29 is 17.2 Å². The molecule has 0 aliphatic rings. The Morgan fingerprint density at radius 2 is 1.00 bits per heavy atom. The molecule has 0 saturated carbocycles. The molecule has 0 N–H and O–H groups in total. The van der Waals surface area contributed by atoms with E-state index in [0.717, 1.165) is 0 Å². The third-order valence-electron chi connectivity index (χ3n) is 4.11. The van der Waals surface area contributed by atoms with Crippen LogP contribution in [0.15, 0.2) is 46.2 Å². The van der Waals surface area contributed by atoms with Gasteiger partial charge in [0.25, 0.3) is 0 Å². The van der Waals surface area contributed by atoms with Crippen molar-refractivity contribution in [3.63, 3.8) is 0 Å². The lowest BCUT2D eigenvalue weighted by Crippen LogP contribution is -2.16. The Kier molecular flexibility index (Phi) is 4.86. The van der Waals surface area contributed by atoms with Gasteiger partial charge in [0.05, 0.1) is 9.79 Å². The van der Waals surface area contributed by atoms with Crippen molar-refractivity contribution in [2.24, 2.45) is 0 Å². The fourth-order valence-electron chi connectivity index (χ4n) is 2.63. The summed E-state index contributed by atoms with van der Waals surface area (Å²) in [5.74, 6) is -0.887. The van der Waals surface area contributed by atoms with Gasteiger partial charge in [-0.1, -0.05) is 41.5 Å². The van der Waals surface area contributed by atoms with Crippen LogP contribution in [-0.4, -0.2) is 8.42 Å². The Morgan fingerprint density at radius 1 is 0.680 bits per heavy atom. The van der Waals surface area contributed by atoms with E-state index < -0.39 is 32.3 Å². The van der Waals surface area contributed by atoms with E-state index in [1.165, 1.54) is 36.4 Å². The molecule has 0 bridgehead atoms. The molecule has 2 nitrogen and oxygen atoms in total. The van der Waals surface area contributed by atoms with Crippen LogP contribution in [0.2, 0.25) is 0 Å².